The molecule has 0 aromatic heterocycles. The lowest BCUT2D eigenvalue weighted by molar-refractivity contribution is -0.122. The lowest BCUT2D eigenvalue weighted by Crippen LogP contribution is -2.45. The molecule has 0 aliphatic carbocycles. The van der Waals surface area contributed by atoms with Gasteiger partial charge in [-0.2, -0.15) is 0 Å². The smallest absolute Gasteiger partial charge is 0.224 e. The first-order valence-electron chi connectivity index (χ1n) is 6.62. The summed E-state index contributed by atoms with van der Waals surface area (Å²) in [5, 5.41) is 22.5. The molecule has 3 N–H and O–H groups in total. The fourth-order valence-corrected chi connectivity index (χ4v) is 1.79. The zero-order chi connectivity index (χ0) is 14.5. The second kappa shape index (κ2) is 6.57. The number of aliphatic hydroxyl groups is 1. The molecule has 1 rings (SSSR count). The standard InChI is InChI=1S/C15H23NO3/c1-4-11(2)15(3,19)10-16-14(18)9-12-7-5-6-8-13(12)17/h5-8,11,17,19H,4,9-10H2,1-3H3,(H,16,18)/t11-,15-/m1/s1. The Morgan fingerprint density at radius 1 is 1.42 bits per heavy atom. The van der Waals surface area contributed by atoms with Gasteiger partial charge in [-0.05, 0) is 18.9 Å². The van der Waals surface area contributed by atoms with Gasteiger partial charge < -0.3 is 15.5 Å². The summed E-state index contributed by atoms with van der Waals surface area (Å²) in [4.78, 5) is 11.8. The lowest BCUT2D eigenvalue weighted by atomic mass is 9.88. The molecule has 106 valence electrons. The highest BCUT2D eigenvalue weighted by Crippen LogP contribution is 2.19. The van der Waals surface area contributed by atoms with E-state index < -0.39 is 5.60 Å². The van der Waals surface area contributed by atoms with Crippen LogP contribution in [-0.2, 0) is 11.2 Å². The van der Waals surface area contributed by atoms with Crippen molar-refractivity contribution in [2.75, 3.05) is 6.54 Å². The van der Waals surface area contributed by atoms with Crippen molar-refractivity contribution in [1.29, 1.82) is 0 Å². The van der Waals surface area contributed by atoms with Gasteiger partial charge in [0.2, 0.25) is 5.91 Å². The van der Waals surface area contributed by atoms with Crippen LogP contribution < -0.4 is 5.32 Å². The first-order chi connectivity index (χ1) is 8.86. The quantitative estimate of drug-likeness (QED) is 0.735. The normalized spacial score (nSPS) is 15.6. The zero-order valence-corrected chi connectivity index (χ0v) is 11.8. The molecule has 1 amide bonds. The van der Waals surface area contributed by atoms with Gasteiger partial charge >= 0.3 is 0 Å². The molecule has 0 aliphatic rings. The highest BCUT2D eigenvalue weighted by Gasteiger charge is 2.27. The average Bonchev–Trinajstić information content (AvgIpc) is 2.38. The minimum Gasteiger partial charge on any atom is -0.508 e. The first kappa shape index (κ1) is 15.5. The van der Waals surface area contributed by atoms with Gasteiger partial charge in [-0.25, -0.2) is 0 Å². The maximum Gasteiger partial charge on any atom is 0.224 e. The molecule has 0 fully saturated rings. The van der Waals surface area contributed by atoms with E-state index in [0.717, 1.165) is 6.42 Å². The Kier molecular flexibility index (Phi) is 5.36. The molecular weight excluding hydrogens is 242 g/mol. The van der Waals surface area contributed by atoms with Crippen molar-refractivity contribution in [1.82, 2.24) is 5.32 Å². The van der Waals surface area contributed by atoms with Gasteiger partial charge in [0.15, 0.2) is 0 Å². The van der Waals surface area contributed by atoms with E-state index in [0.29, 0.717) is 5.56 Å². The fraction of sp³-hybridized carbons (Fsp3) is 0.533. The molecule has 2 atom stereocenters. The SMILES string of the molecule is CC[C@@H](C)[C@](C)(O)CNC(=O)Cc1ccccc1O. The molecule has 0 spiro atoms. The Morgan fingerprint density at radius 2 is 2.05 bits per heavy atom. The van der Waals surface area contributed by atoms with Crippen LogP contribution in [0.25, 0.3) is 0 Å². The van der Waals surface area contributed by atoms with Gasteiger partial charge in [-0.1, -0.05) is 38.5 Å². The molecule has 0 saturated carbocycles. The fourth-order valence-electron chi connectivity index (χ4n) is 1.79. The van der Waals surface area contributed by atoms with Crippen LogP contribution in [0.5, 0.6) is 5.75 Å². The molecule has 4 heteroatoms. The molecule has 1 aromatic rings. The lowest BCUT2D eigenvalue weighted by Gasteiger charge is -2.29. The molecule has 0 bridgehead atoms. The Balaban J connectivity index is 2.51. The van der Waals surface area contributed by atoms with Crippen LogP contribution in [0.2, 0.25) is 0 Å². The first-order valence-corrected chi connectivity index (χ1v) is 6.62. The van der Waals surface area contributed by atoms with E-state index in [1.807, 2.05) is 13.8 Å². The number of hydrogen-bond acceptors (Lipinski definition) is 3. The summed E-state index contributed by atoms with van der Waals surface area (Å²) in [6, 6.07) is 6.75. The van der Waals surface area contributed by atoms with Gasteiger partial charge in [-0.15, -0.1) is 0 Å². The van der Waals surface area contributed by atoms with Gasteiger partial charge in [0, 0.05) is 12.1 Å². The maximum absolute atomic E-state index is 11.8. The van der Waals surface area contributed by atoms with E-state index in [-0.39, 0.29) is 30.5 Å². The Bertz CT molecular complexity index is 429. The summed E-state index contributed by atoms with van der Waals surface area (Å²) in [6.07, 6.45) is 0.964. The number of nitrogens with one attached hydrogen (secondary N) is 1. The van der Waals surface area contributed by atoms with E-state index >= 15 is 0 Å². The molecule has 0 heterocycles. The highest BCUT2D eigenvalue weighted by molar-refractivity contribution is 5.79. The largest absolute Gasteiger partial charge is 0.508 e. The second-order valence-electron chi connectivity index (χ2n) is 5.25. The van der Waals surface area contributed by atoms with Crippen molar-refractivity contribution < 1.29 is 15.0 Å². The van der Waals surface area contributed by atoms with Crippen LogP contribution in [-0.4, -0.2) is 28.3 Å². The van der Waals surface area contributed by atoms with E-state index in [1.165, 1.54) is 0 Å². The third-order valence-electron chi connectivity index (χ3n) is 3.66. The third-order valence-corrected chi connectivity index (χ3v) is 3.66. The van der Waals surface area contributed by atoms with Gasteiger partial charge in [0.1, 0.15) is 5.75 Å². The molecule has 0 unspecified atom stereocenters. The van der Waals surface area contributed by atoms with Crippen LogP contribution in [0.15, 0.2) is 24.3 Å². The number of carbonyl (C=O) groups excluding carboxylic acids is 1. The molecule has 4 nitrogen and oxygen atoms in total. The number of para-hydroxylation sites is 1. The molecular formula is C15H23NO3. The number of phenolic OH excluding ortho intramolecular Hbond substituents is 1. The van der Waals surface area contributed by atoms with Crippen LogP contribution in [0.4, 0.5) is 0 Å². The van der Waals surface area contributed by atoms with E-state index in [4.69, 9.17) is 0 Å². The summed E-state index contributed by atoms with van der Waals surface area (Å²) in [5.41, 5.74) is -0.327. The number of hydrogen-bond donors (Lipinski definition) is 3. The summed E-state index contributed by atoms with van der Waals surface area (Å²) in [5.74, 6) is 0.0225. The number of aromatic hydroxyl groups is 1. The van der Waals surface area contributed by atoms with Crippen LogP contribution in [0.3, 0.4) is 0 Å². The van der Waals surface area contributed by atoms with Crippen molar-refractivity contribution in [3.05, 3.63) is 29.8 Å². The molecule has 0 saturated heterocycles. The number of benzene rings is 1. The molecule has 1 aromatic carbocycles. The minimum atomic E-state index is -0.914. The summed E-state index contributed by atoms with van der Waals surface area (Å²) < 4.78 is 0. The summed E-state index contributed by atoms with van der Waals surface area (Å²) >= 11 is 0. The number of carbonyl (C=O) groups is 1. The highest BCUT2D eigenvalue weighted by atomic mass is 16.3. The van der Waals surface area contributed by atoms with E-state index in [1.54, 1.807) is 31.2 Å². The Labute approximate surface area is 114 Å². The predicted molar refractivity (Wildman–Crippen MR) is 74.9 cm³/mol. The van der Waals surface area contributed by atoms with Gasteiger partial charge in [-0.3, -0.25) is 4.79 Å². The van der Waals surface area contributed by atoms with Crippen LogP contribution in [0.1, 0.15) is 32.8 Å². The van der Waals surface area contributed by atoms with Crippen molar-refractivity contribution in [2.24, 2.45) is 5.92 Å². The number of amides is 1. The molecule has 0 radical (unpaired) electrons. The average molecular weight is 265 g/mol. The van der Waals surface area contributed by atoms with Crippen molar-refractivity contribution in [3.8, 4) is 5.75 Å². The Morgan fingerprint density at radius 3 is 2.63 bits per heavy atom. The topological polar surface area (TPSA) is 69.6 Å². The zero-order valence-electron chi connectivity index (χ0n) is 11.8. The van der Waals surface area contributed by atoms with Crippen LogP contribution in [0, 0.1) is 5.92 Å². The van der Waals surface area contributed by atoms with E-state index in [2.05, 4.69) is 5.32 Å². The minimum absolute atomic E-state index is 0.109. The Hall–Kier alpha value is -1.55. The van der Waals surface area contributed by atoms with Gasteiger partial charge in [0.05, 0.1) is 12.0 Å². The van der Waals surface area contributed by atoms with Crippen molar-refractivity contribution >= 4 is 5.91 Å². The van der Waals surface area contributed by atoms with Gasteiger partial charge in [0.25, 0.3) is 0 Å². The van der Waals surface area contributed by atoms with Crippen molar-refractivity contribution in [3.63, 3.8) is 0 Å². The summed E-state index contributed by atoms with van der Waals surface area (Å²) in [6.45, 7) is 5.90. The molecule has 0 aliphatic heterocycles. The monoisotopic (exact) mass is 265 g/mol. The predicted octanol–water partition coefficient (Wildman–Crippen LogP) is 1.85. The summed E-state index contributed by atoms with van der Waals surface area (Å²) in [7, 11) is 0. The molecule has 19 heavy (non-hydrogen) atoms. The second-order valence-corrected chi connectivity index (χ2v) is 5.25. The maximum atomic E-state index is 11.8. The van der Waals surface area contributed by atoms with Crippen LogP contribution >= 0.6 is 0 Å². The number of rotatable bonds is 6. The van der Waals surface area contributed by atoms with E-state index in [9.17, 15) is 15.0 Å². The third kappa shape index (κ3) is 4.56. The van der Waals surface area contributed by atoms with Crippen molar-refractivity contribution in [2.45, 2.75) is 39.2 Å². The number of phenols is 1.